The molecule has 0 saturated carbocycles. The minimum atomic E-state index is -0.635. The summed E-state index contributed by atoms with van der Waals surface area (Å²) in [7, 11) is 0. The number of rotatable bonds is 4. The van der Waals surface area contributed by atoms with Crippen LogP contribution < -0.4 is 5.73 Å². The van der Waals surface area contributed by atoms with Gasteiger partial charge in [-0.25, -0.2) is 4.39 Å². The van der Waals surface area contributed by atoms with Gasteiger partial charge in [0.05, 0.1) is 0 Å². The third-order valence-corrected chi connectivity index (χ3v) is 3.47. The summed E-state index contributed by atoms with van der Waals surface area (Å²) < 4.78 is 13.8. The number of hydrogen-bond acceptors (Lipinski definition) is 3. The lowest BCUT2D eigenvalue weighted by Crippen LogP contribution is -2.35. The van der Waals surface area contributed by atoms with E-state index in [-0.39, 0.29) is 11.5 Å². The van der Waals surface area contributed by atoms with Crippen molar-refractivity contribution in [1.82, 2.24) is 4.90 Å². The Kier molecular flexibility index (Phi) is 4.27. The maximum Gasteiger partial charge on any atom is 0.248 e. The molecular weight excluding hydrogens is 247 g/mol. The van der Waals surface area contributed by atoms with Gasteiger partial charge in [-0.05, 0) is 31.5 Å². The molecule has 0 bridgehead atoms. The van der Waals surface area contributed by atoms with E-state index in [1.165, 1.54) is 12.1 Å². The monoisotopic (exact) mass is 264 g/mol. The maximum atomic E-state index is 13.8. The molecule has 0 aliphatic carbocycles. The number of piperidine rings is 1. The fourth-order valence-electron chi connectivity index (χ4n) is 2.42. The zero-order chi connectivity index (χ0) is 13.8. The lowest BCUT2D eigenvalue weighted by molar-refractivity contribution is -0.112. The first-order chi connectivity index (χ1) is 9.10. The van der Waals surface area contributed by atoms with E-state index in [9.17, 15) is 14.0 Å². The summed E-state index contributed by atoms with van der Waals surface area (Å²) in [5.74, 6) is -1.02. The first-order valence-corrected chi connectivity index (χ1v) is 6.36. The number of benzene rings is 1. The highest BCUT2D eigenvalue weighted by molar-refractivity contribution is 5.92. The van der Waals surface area contributed by atoms with Crippen molar-refractivity contribution >= 4 is 12.2 Å². The summed E-state index contributed by atoms with van der Waals surface area (Å²) in [6.07, 6.45) is 2.83. The van der Waals surface area contributed by atoms with Crippen LogP contribution >= 0.6 is 0 Å². The van der Waals surface area contributed by atoms with Gasteiger partial charge in [-0.15, -0.1) is 0 Å². The van der Waals surface area contributed by atoms with E-state index >= 15 is 0 Å². The Balaban J connectivity index is 2.06. The molecule has 1 amide bonds. The van der Waals surface area contributed by atoms with Crippen LogP contribution in [0.4, 0.5) is 4.39 Å². The Morgan fingerprint density at radius 3 is 2.95 bits per heavy atom. The van der Waals surface area contributed by atoms with Gasteiger partial charge in [0.15, 0.2) is 0 Å². The third-order valence-electron chi connectivity index (χ3n) is 3.47. The molecule has 1 aliphatic rings. The predicted molar refractivity (Wildman–Crippen MR) is 69.0 cm³/mol. The standard InChI is InChI=1S/C14H17FN2O2/c15-13-6-11(14(16)19)3-4-12(13)8-17-5-1-2-10(7-17)9-18/h3-4,6,9-10H,1-2,5,7-8H2,(H2,16,19). The second kappa shape index (κ2) is 5.93. The Hall–Kier alpha value is -1.75. The molecule has 1 fully saturated rings. The number of hydrogen-bond donors (Lipinski definition) is 1. The van der Waals surface area contributed by atoms with Gasteiger partial charge in [0, 0.05) is 30.1 Å². The number of likely N-dealkylation sites (tertiary alicyclic amines) is 1. The molecule has 1 saturated heterocycles. The van der Waals surface area contributed by atoms with E-state index in [1.807, 2.05) is 0 Å². The zero-order valence-electron chi connectivity index (χ0n) is 10.6. The lowest BCUT2D eigenvalue weighted by atomic mass is 9.99. The highest BCUT2D eigenvalue weighted by Gasteiger charge is 2.20. The quantitative estimate of drug-likeness (QED) is 0.835. The maximum absolute atomic E-state index is 13.8. The molecule has 1 heterocycles. The van der Waals surface area contributed by atoms with Crippen molar-refractivity contribution < 1.29 is 14.0 Å². The Morgan fingerprint density at radius 2 is 2.32 bits per heavy atom. The van der Waals surface area contributed by atoms with Crippen LogP contribution in [-0.2, 0) is 11.3 Å². The molecule has 0 spiro atoms. The van der Waals surface area contributed by atoms with Gasteiger partial charge in [0.25, 0.3) is 0 Å². The topological polar surface area (TPSA) is 63.4 Å². The fourth-order valence-corrected chi connectivity index (χ4v) is 2.42. The Labute approximate surface area is 111 Å². The van der Waals surface area contributed by atoms with Gasteiger partial charge in [-0.1, -0.05) is 6.07 Å². The average molecular weight is 264 g/mol. The van der Waals surface area contributed by atoms with Gasteiger partial charge >= 0.3 is 0 Å². The Morgan fingerprint density at radius 1 is 1.53 bits per heavy atom. The highest BCUT2D eigenvalue weighted by Crippen LogP contribution is 2.19. The molecule has 1 atom stereocenters. The molecule has 0 aromatic heterocycles. The summed E-state index contributed by atoms with van der Waals surface area (Å²) in [6.45, 7) is 1.98. The lowest BCUT2D eigenvalue weighted by Gasteiger charge is -2.30. The minimum absolute atomic E-state index is 0.0432. The van der Waals surface area contributed by atoms with Crippen molar-refractivity contribution in [3.05, 3.63) is 35.1 Å². The normalized spacial score (nSPS) is 20.2. The van der Waals surface area contributed by atoms with E-state index < -0.39 is 11.7 Å². The van der Waals surface area contributed by atoms with Crippen LogP contribution in [-0.4, -0.2) is 30.2 Å². The summed E-state index contributed by atoms with van der Waals surface area (Å²) in [4.78, 5) is 23.8. The second-order valence-corrected chi connectivity index (χ2v) is 4.94. The molecule has 1 aliphatic heterocycles. The van der Waals surface area contributed by atoms with Crippen LogP contribution in [0.25, 0.3) is 0 Å². The molecule has 5 heteroatoms. The SMILES string of the molecule is NC(=O)c1ccc(CN2CCCC(C=O)C2)c(F)c1. The van der Waals surface area contributed by atoms with E-state index in [1.54, 1.807) is 6.07 Å². The number of carbonyl (C=O) groups is 2. The molecule has 4 nitrogen and oxygen atoms in total. The molecule has 2 N–H and O–H groups in total. The van der Waals surface area contributed by atoms with Gasteiger partial charge in [-0.3, -0.25) is 9.69 Å². The van der Waals surface area contributed by atoms with Gasteiger partial charge in [0.2, 0.25) is 5.91 Å². The van der Waals surface area contributed by atoms with Crippen molar-refractivity contribution in [3.8, 4) is 0 Å². The van der Waals surface area contributed by atoms with E-state index in [4.69, 9.17) is 5.73 Å². The van der Waals surface area contributed by atoms with Crippen LogP contribution in [0.2, 0.25) is 0 Å². The van der Waals surface area contributed by atoms with E-state index in [0.717, 1.165) is 25.7 Å². The van der Waals surface area contributed by atoms with Gasteiger partial charge in [-0.2, -0.15) is 0 Å². The molecule has 1 aromatic rings. The first-order valence-electron chi connectivity index (χ1n) is 6.36. The third kappa shape index (κ3) is 3.38. The summed E-state index contributed by atoms with van der Waals surface area (Å²) in [5, 5.41) is 0. The van der Waals surface area contributed by atoms with Crippen molar-refractivity contribution in [2.45, 2.75) is 19.4 Å². The zero-order valence-corrected chi connectivity index (χ0v) is 10.6. The predicted octanol–water partition coefficient (Wildman–Crippen LogP) is 1.34. The van der Waals surface area contributed by atoms with Gasteiger partial charge < -0.3 is 10.5 Å². The van der Waals surface area contributed by atoms with Crippen LogP contribution in [0.15, 0.2) is 18.2 Å². The number of nitrogens with two attached hydrogens (primary N) is 1. The van der Waals surface area contributed by atoms with Crippen molar-refractivity contribution in [2.24, 2.45) is 11.7 Å². The summed E-state index contributed by atoms with van der Waals surface area (Å²) in [6, 6.07) is 4.28. The smallest absolute Gasteiger partial charge is 0.248 e. The second-order valence-electron chi connectivity index (χ2n) is 4.94. The number of carbonyl (C=O) groups excluding carboxylic acids is 2. The molecular formula is C14H17FN2O2. The van der Waals surface area contributed by atoms with Gasteiger partial charge in [0.1, 0.15) is 12.1 Å². The molecule has 1 unspecified atom stereocenters. The number of aldehydes is 1. The number of halogens is 1. The number of amides is 1. The van der Waals surface area contributed by atoms with Crippen LogP contribution in [0.1, 0.15) is 28.8 Å². The summed E-state index contributed by atoms with van der Waals surface area (Å²) in [5.41, 5.74) is 5.79. The minimum Gasteiger partial charge on any atom is -0.366 e. The van der Waals surface area contributed by atoms with Crippen LogP contribution in [0.5, 0.6) is 0 Å². The molecule has 102 valence electrons. The van der Waals surface area contributed by atoms with E-state index in [0.29, 0.717) is 18.7 Å². The molecule has 2 rings (SSSR count). The van der Waals surface area contributed by atoms with Crippen molar-refractivity contribution in [1.29, 1.82) is 0 Å². The summed E-state index contributed by atoms with van der Waals surface area (Å²) >= 11 is 0. The Bertz CT molecular complexity index is 490. The van der Waals surface area contributed by atoms with Crippen LogP contribution in [0, 0.1) is 11.7 Å². The van der Waals surface area contributed by atoms with Crippen molar-refractivity contribution in [3.63, 3.8) is 0 Å². The van der Waals surface area contributed by atoms with Crippen molar-refractivity contribution in [2.75, 3.05) is 13.1 Å². The average Bonchev–Trinajstić information content (AvgIpc) is 2.41. The molecule has 19 heavy (non-hydrogen) atoms. The highest BCUT2D eigenvalue weighted by atomic mass is 19.1. The first kappa shape index (κ1) is 13.7. The van der Waals surface area contributed by atoms with E-state index in [2.05, 4.69) is 4.90 Å². The molecule has 0 radical (unpaired) electrons. The number of nitrogens with zero attached hydrogens (tertiary/aromatic N) is 1. The molecule has 1 aromatic carbocycles. The fraction of sp³-hybridized carbons (Fsp3) is 0.429. The largest absolute Gasteiger partial charge is 0.366 e. The number of primary amides is 1. The van der Waals surface area contributed by atoms with Crippen LogP contribution in [0.3, 0.4) is 0 Å².